The van der Waals surface area contributed by atoms with Gasteiger partial charge in [-0.15, -0.1) is 0 Å². The fourth-order valence-electron chi connectivity index (χ4n) is 1.89. The maximum atomic E-state index is 14.1. The van der Waals surface area contributed by atoms with E-state index in [2.05, 4.69) is 15.9 Å². The Balaban J connectivity index is 2.53. The lowest BCUT2D eigenvalue weighted by Crippen LogP contribution is -2.15. The standard InChI is InChI=1S/C14H11BrClF2N/c1-7-2-3-8(17)6-10(7)14(19)9-4-5-11(15)12(16)13(9)18/h2-6,14H,19H2,1H3. The van der Waals surface area contributed by atoms with E-state index >= 15 is 0 Å². The summed E-state index contributed by atoms with van der Waals surface area (Å²) in [4.78, 5) is 0. The van der Waals surface area contributed by atoms with Gasteiger partial charge >= 0.3 is 0 Å². The SMILES string of the molecule is Cc1ccc(F)cc1C(N)c1ccc(Br)c(Cl)c1F. The summed E-state index contributed by atoms with van der Waals surface area (Å²) in [7, 11) is 0. The van der Waals surface area contributed by atoms with Crippen molar-refractivity contribution < 1.29 is 8.78 Å². The van der Waals surface area contributed by atoms with Crippen LogP contribution in [0.1, 0.15) is 22.7 Å². The first-order chi connectivity index (χ1) is 8.91. The molecule has 1 nitrogen and oxygen atoms in total. The summed E-state index contributed by atoms with van der Waals surface area (Å²) in [5, 5.41) is -0.0259. The highest BCUT2D eigenvalue weighted by Crippen LogP contribution is 2.32. The molecule has 0 aromatic heterocycles. The van der Waals surface area contributed by atoms with E-state index < -0.39 is 17.7 Å². The van der Waals surface area contributed by atoms with Gasteiger partial charge in [-0.1, -0.05) is 23.7 Å². The summed E-state index contributed by atoms with van der Waals surface area (Å²) in [6, 6.07) is 6.67. The summed E-state index contributed by atoms with van der Waals surface area (Å²) >= 11 is 8.97. The number of aryl methyl sites for hydroxylation is 1. The van der Waals surface area contributed by atoms with Gasteiger partial charge in [0, 0.05) is 10.0 Å². The van der Waals surface area contributed by atoms with Crippen LogP contribution in [-0.4, -0.2) is 0 Å². The number of nitrogens with two attached hydrogens (primary N) is 1. The third kappa shape index (κ3) is 2.81. The molecule has 0 saturated heterocycles. The van der Waals surface area contributed by atoms with Crippen molar-refractivity contribution in [2.75, 3.05) is 0 Å². The average Bonchev–Trinajstić information content (AvgIpc) is 2.38. The summed E-state index contributed by atoms with van der Waals surface area (Å²) in [6.07, 6.45) is 0. The largest absolute Gasteiger partial charge is 0.320 e. The maximum absolute atomic E-state index is 14.1. The van der Waals surface area contributed by atoms with E-state index in [9.17, 15) is 8.78 Å². The first-order valence-electron chi connectivity index (χ1n) is 5.57. The third-order valence-corrected chi connectivity index (χ3v) is 4.24. The van der Waals surface area contributed by atoms with Crippen molar-refractivity contribution in [2.45, 2.75) is 13.0 Å². The quantitative estimate of drug-likeness (QED) is 0.781. The Kier molecular flexibility index (Phi) is 4.23. The van der Waals surface area contributed by atoms with Crippen molar-refractivity contribution in [1.82, 2.24) is 0 Å². The van der Waals surface area contributed by atoms with Crippen molar-refractivity contribution in [2.24, 2.45) is 5.73 Å². The van der Waals surface area contributed by atoms with Crippen molar-refractivity contribution in [1.29, 1.82) is 0 Å². The van der Waals surface area contributed by atoms with Gasteiger partial charge in [-0.05, 0) is 52.2 Å². The van der Waals surface area contributed by atoms with Crippen molar-refractivity contribution in [3.8, 4) is 0 Å². The molecule has 19 heavy (non-hydrogen) atoms. The predicted molar refractivity (Wildman–Crippen MR) is 76.3 cm³/mol. The molecule has 0 saturated carbocycles. The van der Waals surface area contributed by atoms with Crippen molar-refractivity contribution >= 4 is 27.5 Å². The Morgan fingerprint density at radius 1 is 1.16 bits per heavy atom. The number of hydrogen-bond acceptors (Lipinski definition) is 1. The van der Waals surface area contributed by atoms with Gasteiger partial charge < -0.3 is 5.73 Å². The van der Waals surface area contributed by atoms with Crippen LogP contribution in [0.15, 0.2) is 34.8 Å². The smallest absolute Gasteiger partial charge is 0.148 e. The summed E-state index contributed by atoms with van der Waals surface area (Å²) in [5.74, 6) is -0.994. The van der Waals surface area contributed by atoms with Crippen LogP contribution in [0.4, 0.5) is 8.78 Å². The molecule has 0 aliphatic rings. The summed E-state index contributed by atoms with van der Waals surface area (Å²) in [5.41, 5.74) is 7.60. The minimum atomic E-state index is -0.763. The molecule has 0 fully saturated rings. The molecule has 1 unspecified atom stereocenters. The minimum Gasteiger partial charge on any atom is -0.320 e. The molecule has 100 valence electrons. The summed E-state index contributed by atoms with van der Waals surface area (Å²) in [6.45, 7) is 1.80. The Labute approximate surface area is 123 Å². The van der Waals surface area contributed by atoms with E-state index in [1.165, 1.54) is 12.1 Å². The lowest BCUT2D eigenvalue weighted by Gasteiger charge is -2.17. The number of rotatable bonds is 2. The molecule has 1 atom stereocenters. The maximum Gasteiger partial charge on any atom is 0.148 e. The molecule has 0 bridgehead atoms. The van der Waals surface area contributed by atoms with E-state index in [1.54, 1.807) is 25.1 Å². The second-order valence-electron chi connectivity index (χ2n) is 4.24. The fraction of sp³-hybridized carbons (Fsp3) is 0.143. The van der Waals surface area contributed by atoms with Gasteiger partial charge in [-0.3, -0.25) is 0 Å². The molecule has 2 N–H and O–H groups in total. The number of hydrogen-bond donors (Lipinski definition) is 1. The zero-order chi connectivity index (χ0) is 14.2. The molecule has 0 aliphatic heterocycles. The second-order valence-corrected chi connectivity index (χ2v) is 5.48. The van der Waals surface area contributed by atoms with E-state index in [0.717, 1.165) is 5.56 Å². The van der Waals surface area contributed by atoms with Crippen LogP contribution >= 0.6 is 27.5 Å². The lowest BCUT2D eigenvalue weighted by molar-refractivity contribution is 0.594. The fourth-order valence-corrected chi connectivity index (χ4v) is 2.37. The van der Waals surface area contributed by atoms with Gasteiger partial charge in [0.1, 0.15) is 11.6 Å². The first-order valence-corrected chi connectivity index (χ1v) is 6.74. The molecule has 2 aromatic carbocycles. The molecule has 0 aliphatic carbocycles. The zero-order valence-electron chi connectivity index (χ0n) is 10.1. The van der Waals surface area contributed by atoms with Crippen LogP contribution in [0, 0.1) is 18.6 Å². The van der Waals surface area contributed by atoms with Gasteiger partial charge in [0.2, 0.25) is 0 Å². The Morgan fingerprint density at radius 3 is 2.53 bits per heavy atom. The number of benzene rings is 2. The topological polar surface area (TPSA) is 26.0 Å². The van der Waals surface area contributed by atoms with Gasteiger partial charge in [0.25, 0.3) is 0 Å². The zero-order valence-corrected chi connectivity index (χ0v) is 12.4. The van der Waals surface area contributed by atoms with Crippen LogP contribution in [0.2, 0.25) is 5.02 Å². The molecule has 2 rings (SSSR count). The molecule has 0 amide bonds. The Bertz CT molecular complexity index is 631. The predicted octanol–water partition coefficient (Wildman–Crippen LogP) is 4.74. The van der Waals surface area contributed by atoms with Crippen LogP contribution in [0.25, 0.3) is 0 Å². The van der Waals surface area contributed by atoms with Crippen LogP contribution in [0.5, 0.6) is 0 Å². The lowest BCUT2D eigenvalue weighted by atomic mass is 9.95. The van der Waals surface area contributed by atoms with E-state index in [0.29, 0.717) is 10.0 Å². The molecule has 5 heteroatoms. The average molecular weight is 347 g/mol. The van der Waals surface area contributed by atoms with Crippen LogP contribution < -0.4 is 5.73 Å². The normalized spacial score (nSPS) is 12.5. The van der Waals surface area contributed by atoms with Gasteiger partial charge in [0.15, 0.2) is 0 Å². The van der Waals surface area contributed by atoms with E-state index in [1.807, 2.05) is 0 Å². The molecule has 0 spiro atoms. The molecule has 2 aromatic rings. The monoisotopic (exact) mass is 345 g/mol. The number of halogens is 4. The minimum absolute atomic E-state index is 0.0259. The molecular weight excluding hydrogens is 336 g/mol. The Morgan fingerprint density at radius 2 is 1.84 bits per heavy atom. The van der Waals surface area contributed by atoms with Crippen LogP contribution in [-0.2, 0) is 0 Å². The highest BCUT2D eigenvalue weighted by atomic mass is 79.9. The molecule has 0 radical (unpaired) electrons. The van der Waals surface area contributed by atoms with Crippen LogP contribution in [0.3, 0.4) is 0 Å². The van der Waals surface area contributed by atoms with Gasteiger partial charge in [0.05, 0.1) is 11.1 Å². The van der Waals surface area contributed by atoms with Gasteiger partial charge in [-0.2, -0.15) is 0 Å². The van der Waals surface area contributed by atoms with E-state index in [-0.39, 0.29) is 10.6 Å². The summed E-state index contributed by atoms with van der Waals surface area (Å²) < 4.78 is 27.8. The van der Waals surface area contributed by atoms with Crippen molar-refractivity contribution in [3.05, 3.63) is 68.2 Å². The molecular formula is C14H11BrClF2N. The highest BCUT2D eigenvalue weighted by molar-refractivity contribution is 9.10. The highest BCUT2D eigenvalue weighted by Gasteiger charge is 2.19. The third-order valence-electron chi connectivity index (χ3n) is 2.98. The Hall–Kier alpha value is -0.970. The first kappa shape index (κ1) is 14.4. The molecule has 0 heterocycles. The van der Waals surface area contributed by atoms with E-state index in [4.69, 9.17) is 17.3 Å². The van der Waals surface area contributed by atoms with Gasteiger partial charge in [-0.25, -0.2) is 8.78 Å². The second kappa shape index (κ2) is 5.57. The van der Waals surface area contributed by atoms with Crippen molar-refractivity contribution in [3.63, 3.8) is 0 Å².